The molecule has 0 fully saturated rings. The maximum atomic E-state index is 11.4. The van der Waals surface area contributed by atoms with E-state index in [9.17, 15) is 4.79 Å². The third-order valence-corrected chi connectivity index (χ3v) is 4.36. The Labute approximate surface area is 119 Å². The van der Waals surface area contributed by atoms with Gasteiger partial charge in [-0.05, 0) is 49.3 Å². The van der Waals surface area contributed by atoms with Crippen LogP contribution < -0.4 is 10.1 Å². The van der Waals surface area contributed by atoms with Crippen LogP contribution in [0.5, 0.6) is 5.75 Å². The van der Waals surface area contributed by atoms with Gasteiger partial charge < -0.3 is 15.2 Å². The summed E-state index contributed by atoms with van der Waals surface area (Å²) in [5.41, 5.74) is 4.29. The van der Waals surface area contributed by atoms with E-state index in [0.717, 1.165) is 38.0 Å². The monoisotopic (exact) mass is 275 g/mol. The van der Waals surface area contributed by atoms with Crippen LogP contribution in [-0.2, 0) is 17.6 Å². The van der Waals surface area contributed by atoms with Gasteiger partial charge in [0.2, 0.25) is 5.91 Å². The molecule has 0 spiro atoms. The number of hydrogen-bond donors (Lipinski definition) is 2. The summed E-state index contributed by atoms with van der Waals surface area (Å²) in [6, 6.07) is 4.28. The fraction of sp³-hybridized carbons (Fsp3) is 0.562. The van der Waals surface area contributed by atoms with Crippen LogP contribution in [0.2, 0.25) is 0 Å². The normalized spacial score (nSPS) is 21.0. The van der Waals surface area contributed by atoms with E-state index in [1.807, 2.05) is 0 Å². The van der Waals surface area contributed by atoms with Crippen molar-refractivity contribution in [2.45, 2.75) is 44.6 Å². The van der Waals surface area contributed by atoms with E-state index in [-0.39, 0.29) is 5.91 Å². The van der Waals surface area contributed by atoms with E-state index in [2.05, 4.69) is 17.4 Å². The molecule has 1 aromatic carbocycles. The molecule has 2 N–H and O–H groups in total. The summed E-state index contributed by atoms with van der Waals surface area (Å²) in [7, 11) is 0. The van der Waals surface area contributed by atoms with Gasteiger partial charge in [-0.1, -0.05) is 6.07 Å². The van der Waals surface area contributed by atoms with Crippen LogP contribution in [-0.4, -0.2) is 30.3 Å². The molecule has 2 atom stereocenters. The lowest BCUT2D eigenvalue weighted by Crippen LogP contribution is -2.33. The molecule has 0 saturated heterocycles. The van der Waals surface area contributed by atoms with Gasteiger partial charge in [0.05, 0.1) is 6.61 Å². The van der Waals surface area contributed by atoms with Crippen molar-refractivity contribution < 1.29 is 14.6 Å². The van der Waals surface area contributed by atoms with Crippen molar-refractivity contribution in [1.82, 2.24) is 5.32 Å². The molecular formula is C16H21NO3. The van der Waals surface area contributed by atoms with Gasteiger partial charge in [-0.2, -0.15) is 0 Å². The third kappa shape index (κ3) is 2.40. The van der Waals surface area contributed by atoms with Crippen LogP contribution in [0.4, 0.5) is 0 Å². The molecule has 4 nitrogen and oxygen atoms in total. The highest BCUT2D eigenvalue weighted by atomic mass is 16.5. The number of aliphatic hydroxyl groups is 1. The summed E-state index contributed by atoms with van der Waals surface area (Å²) in [6.07, 6.45) is 3.29. The van der Waals surface area contributed by atoms with Crippen molar-refractivity contribution >= 4 is 5.91 Å². The molecule has 4 heteroatoms. The second-order valence-corrected chi connectivity index (χ2v) is 5.70. The predicted molar refractivity (Wildman–Crippen MR) is 76.0 cm³/mol. The van der Waals surface area contributed by atoms with E-state index >= 15 is 0 Å². The molecule has 1 aliphatic heterocycles. The number of aliphatic hydroxyl groups excluding tert-OH is 1. The molecule has 0 saturated carbocycles. The first-order valence-corrected chi connectivity index (χ1v) is 7.40. The summed E-state index contributed by atoms with van der Waals surface area (Å²) in [6.45, 7) is 2.90. The number of aryl methyl sites for hydroxylation is 1. The lowest BCUT2D eigenvalue weighted by molar-refractivity contribution is -0.128. The lowest BCUT2D eigenvalue weighted by atomic mass is 9.92. The zero-order valence-electron chi connectivity index (χ0n) is 11.8. The highest BCUT2D eigenvalue weighted by Gasteiger charge is 2.29. The van der Waals surface area contributed by atoms with Crippen molar-refractivity contribution in [1.29, 1.82) is 0 Å². The van der Waals surface area contributed by atoms with Gasteiger partial charge in [-0.25, -0.2) is 0 Å². The molecule has 0 radical (unpaired) electrons. The number of carbonyl (C=O) groups is 1. The van der Waals surface area contributed by atoms with Crippen molar-refractivity contribution in [2.75, 3.05) is 13.2 Å². The first-order chi connectivity index (χ1) is 9.66. The van der Waals surface area contributed by atoms with Crippen LogP contribution in [0.15, 0.2) is 12.1 Å². The Balaban J connectivity index is 1.67. The van der Waals surface area contributed by atoms with E-state index in [4.69, 9.17) is 9.84 Å². The van der Waals surface area contributed by atoms with Gasteiger partial charge >= 0.3 is 0 Å². The highest BCUT2D eigenvalue weighted by molar-refractivity contribution is 5.79. The van der Waals surface area contributed by atoms with E-state index in [1.165, 1.54) is 23.6 Å². The van der Waals surface area contributed by atoms with Gasteiger partial charge in [0.15, 0.2) is 0 Å². The second-order valence-electron chi connectivity index (χ2n) is 5.70. The quantitative estimate of drug-likeness (QED) is 0.876. The van der Waals surface area contributed by atoms with Crippen LogP contribution in [0.25, 0.3) is 0 Å². The van der Waals surface area contributed by atoms with Gasteiger partial charge in [0.1, 0.15) is 11.9 Å². The Morgan fingerprint density at radius 1 is 1.50 bits per heavy atom. The predicted octanol–water partition coefficient (Wildman–Crippen LogP) is 1.54. The topological polar surface area (TPSA) is 58.6 Å². The van der Waals surface area contributed by atoms with Gasteiger partial charge in [-0.15, -0.1) is 0 Å². The third-order valence-electron chi connectivity index (χ3n) is 4.36. The van der Waals surface area contributed by atoms with Crippen LogP contribution in [0.3, 0.4) is 0 Å². The van der Waals surface area contributed by atoms with Gasteiger partial charge in [0.25, 0.3) is 0 Å². The molecule has 1 amide bonds. The average molecular weight is 275 g/mol. The minimum absolute atomic E-state index is 0.287. The summed E-state index contributed by atoms with van der Waals surface area (Å²) in [5.74, 6) is 1.27. The number of nitrogens with one attached hydrogen (secondary N) is 1. The fourth-order valence-electron chi connectivity index (χ4n) is 3.36. The Morgan fingerprint density at radius 2 is 2.35 bits per heavy atom. The molecule has 0 unspecified atom stereocenters. The Kier molecular flexibility index (Phi) is 3.66. The number of hydrogen-bond acceptors (Lipinski definition) is 3. The molecular weight excluding hydrogens is 254 g/mol. The smallest absolute Gasteiger partial charge is 0.248 e. The first kappa shape index (κ1) is 13.4. The Morgan fingerprint density at radius 3 is 3.15 bits per heavy atom. The van der Waals surface area contributed by atoms with E-state index in [0.29, 0.717) is 12.5 Å². The Bertz CT molecular complexity index is 525. The van der Waals surface area contributed by atoms with E-state index < -0.39 is 6.10 Å². The van der Waals surface area contributed by atoms with Gasteiger partial charge in [-0.3, -0.25) is 4.79 Å². The van der Waals surface area contributed by atoms with Gasteiger partial charge in [0, 0.05) is 18.5 Å². The first-order valence-electron chi connectivity index (χ1n) is 7.40. The van der Waals surface area contributed by atoms with Crippen molar-refractivity contribution in [2.24, 2.45) is 0 Å². The minimum atomic E-state index is -0.927. The average Bonchev–Trinajstić information content (AvgIpc) is 3.03. The maximum Gasteiger partial charge on any atom is 0.248 e. The van der Waals surface area contributed by atoms with Crippen LogP contribution in [0, 0.1) is 0 Å². The van der Waals surface area contributed by atoms with Crippen molar-refractivity contribution in [3.05, 3.63) is 28.8 Å². The molecule has 3 rings (SSSR count). The SMILES string of the molecule is C[C@@H](O)C(=O)NCC[C@H]1CCc2ccc3c(c21)CCO3. The zero-order valence-corrected chi connectivity index (χ0v) is 11.8. The van der Waals surface area contributed by atoms with E-state index in [1.54, 1.807) is 0 Å². The largest absolute Gasteiger partial charge is 0.493 e. The zero-order chi connectivity index (χ0) is 14.1. The molecule has 1 heterocycles. The molecule has 108 valence electrons. The van der Waals surface area contributed by atoms with Crippen molar-refractivity contribution in [3.8, 4) is 5.75 Å². The number of carbonyl (C=O) groups excluding carboxylic acids is 1. The summed E-state index contributed by atoms with van der Waals surface area (Å²) >= 11 is 0. The summed E-state index contributed by atoms with van der Waals surface area (Å²) < 4.78 is 5.64. The Hall–Kier alpha value is -1.55. The molecule has 20 heavy (non-hydrogen) atoms. The highest BCUT2D eigenvalue weighted by Crippen LogP contribution is 2.42. The number of rotatable bonds is 4. The second kappa shape index (κ2) is 5.44. The number of amides is 1. The maximum absolute atomic E-state index is 11.4. The molecule has 0 aromatic heterocycles. The molecule has 1 aromatic rings. The minimum Gasteiger partial charge on any atom is -0.493 e. The fourth-order valence-corrected chi connectivity index (χ4v) is 3.36. The number of benzene rings is 1. The van der Waals surface area contributed by atoms with Crippen molar-refractivity contribution in [3.63, 3.8) is 0 Å². The van der Waals surface area contributed by atoms with Crippen LogP contribution in [0.1, 0.15) is 42.4 Å². The molecule has 0 bridgehead atoms. The number of ether oxygens (including phenoxy) is 1. The van der Waals surface area contributed by atoms with Crippen LogP contribution >= 0.6 is 0 Å². The molecule has 2 aliphatic rings. The number of fused-ring (bicyclic) bond motifs is 3. The lowest BCUT2D eigenvalue weighted by Gasteiger charge is -2.15. The molecule has 1 aliphatic carbocycles. The summed E-state index contributed by atoms with van der Waals surface area (Å²) in [4.78, 5) is 11.4. The standard InChI is InChI=1S/C16H21NO3/c1-10(18)16(19)17-8-6-12-3-2-11-4-5-14-13(15(11)12)7-9-20-14/h4-5,10,12,18H,2-3,6-9H2,1H3,(H,17,19)/t10-,12-/m1/s1. The summed E-state index contributed by atoms with van der Waals surface area (Å²) in [5, 5.41) is 12.0.